The molecule has 1 N–H and O–H groups in total. The first-order valence-electron chi connectivity index (χ1n) is 6.89. The maximum absolute atomic E-state index is 11.3. The number of aromatic nitrogens is 3. The molecule has 0 atom stereocenters. The number of carboxylic acid groups (broad SMARTS) is 1. The van der Waals surface area contributed by atoms with Crippen molar-refractivity contribution in [3.8, 4) is 11.1 Å². The summed E-state index contributed by atoms with van der Waals surface area (Å²) in [6, 6.07) is 11.5. The van der Waals surface area contributed by atoms with E-state index in [0.717, 1.165) is 16.8 Å². The van der Waals surface area contributed by atoms with E-state index < -0.39 is 5.97 Å². The number of benzene rings is 1. The molecule has 2 heterocycles. The number of hydrogen-bond acceptors (Lipinski definition) is 3. The lowest BCUT2D eigenvalue weighted by Gasteiger charge is -2.09. The number of carboxylic acids is 1. The summed E-state index contributed by atoms with van der Waals surface area (Å²) < 4.78 is 1.78. The summed E-state index contributed by atoms with van der Waals surface area (Å²) in [6.07, 6.45) is 5.37. The molecule has 0 spiro atoms. The van der Waals surface area contributed by atoms with Crippen molar-refractivity contribution in [3.05, 3.63) is 71.8 Å². The summed E-state index contributed by atoms with van der Waals surface area (Å²) in [5.74, 6) is -0.944. The zero-order chi connectivity index (χ0) is 15.5. The highest BCUT2D eigenvalue weighted by atomic mass is 16.4. The van der Waals surface area contributed by atoms with E-state index in [4.69, 9.17) is 0 Å². The molecule has 2 aromatic heterocycles. The Morgan fingerprint density at radius 1 is 1.18 bits per heavy atom. The largest absolute Gasteiger partial charge is 0.478 e. The zero-order valence-corrected chi connectivity index (χ0v) is 12.1. The van der Waals surface area contributed by atoms with Crippen molar-refractivity contribution in [1.29, 1.82) is 0 Å². The SMILES string of the molecule is Cn1ncc(-c2ccccc2)c1Cc1cnccc1C(=O)O. The van der Waals surface area contributed by atoms with E-state index in [9.17, 15) is 9.90 Å². The Kier molecular flexibility index (Phi) is 3.70. The Morgan fingerprint density at radius 3 is 2.68 bits per heavy atom. The smallest absolute Gasteiger partial charge is 0.336 e. The number of pyridine rings is 1. The van der Waals surface area contributed by atoms with Gasteiger partial charge in [-0.2, -0.15) is 5.10 Å². The molecule has 0 aliphatic carbocycles. The van der Waals surface area contributed by atoms with Crippen LogP contribution in [0.4, 0.5) is 0 Å². The summed E-state index contributed by atoms with van der Waals surface area (Å²) in [4.78, 5) is 15.4. The molecule has 3 rings (SSSR count). The lowest BCUT2D eigenvalue weighted by molar-refractivity contribution is 0.0695. The van der Waals surface area contributed by atoms with Crippen molar-refractivity contribution < 1.29 is 9.90 Å². The first-order valence-corrected chi connectivity index (χ1v) is 6.89. The van der Waals surface area contributed by atoms with E-state index in [1.165, 1.54) is 12.3 Å². The molecule has 110 valence electrons. The maximum atomic E-state index is 11.3. The minimum atomic E-state index is -0.944. The molecule has 22 heavy (non-hydrogen) atoms. The highest BCUT2D eigenvalue weighted by Gasteiger charge is 2.15. The molecule has 0 aliphatic heterocycles. The summed E-state index contributed by atoms with van der Waals surface area (Å²) in [6.45, 7) is 0. The summed E-state index contributed by atoms with van der Waals surface area (Å²) in [7, 11) is 1.86. The minimum Gasteiger partial charge on any atom is -0.478 e. The molecular formula is C17H15N3O2. The highest BCUT2D eigenvalue weighted by molar-refractivity contribution is 5.89. The fraction of sp³-hybridized carbons (Fsp3) is 0.118. The Morgan fingerprint density at radius 2 is 1.95 bits per heavy atom. The van der Waals surface area contributed by atoms with Crippen LogP contribution in [0.15, 0.2) is 55.0 Å². The molecule has 0 bridgehead atoms. The van der Waals surface area contributed by atoms with Gasteiger partial charge in [0.25, 0.3) is 0 Å². The van der Waals surface area contributed by atoms with Gasteiger partial charge in [-0.25, -0.2) is 4.79 Å². The second-order valence-corrected chi connectivity index (χ2v) is 5.01. The molecule has 5 nitrogen and oxygen atoms in total. The van der Waals surface area contributed by atoms with E-state index in [1.54, 1.807) is 10.9 Å². The van der Waals surface area contributed by atoms with E-state index in [2.05, 4.69) is 10.1 Å². The predicted octanol–water partition coefficient (Wildman–Crippen LogP) is 2.77. The topological polar surface area (TPSA) is 68.0 Å². The van der Waals surface area contributed by atoms with E-state index in [0.29, 0.717) is 12.0 Å². The predicted molar refractivity (Wildman–Crippen MR) is 82.6 cm³/mol. The van der Waals surface area contributed by atoms with Gasteiger partial charge in [0.2, 0.25) is 0 Å². The third kappa shape index (κ3) is 2.61. The molecule has 0 radical (unpaired) electrons. The van der Waals surface area contributed by atoms with Crippen LogP contribution in [0.5, 0.6) is 0 Å². The number of carbonyl (C=O) groups is 1. The van der Waals surface area contributed by atoms with Crippen LogP contribution in [0.3, 0.4) is 0 Å². The van der Waals surface area contributed by atoms with Crippen LogP contribution >= 0.6 is 0 Å². The second kappa shape index (κ2) is 5.81. The first-order chi connectivity index (χ1) is 10.7. The van der Waals surface area contributed by atoms with Crippen molar-refractivity contribution in [2.75, 3.05) is 0 Å². The zero-order valence-electron chi connectivity index (χ0n) is 12.1. The summed E-state index contributed by atoms with van der Waals surface area (Å²) >= 11 is 0. The van der Waals surface area contributed by atoms with Gasteiger partial charge in [0, 0.05) is 31.4 Å². The van der Waals surface area contributed by atoms with Crippen LogP contribution in [-0.2, 0) is 13.5 Å². The Labute approximate surface area is 127 Å². The number of nitrogens with zero attached hydrogens (tertiary/aromatic N) is 3. The molecule has 1 aromatic carbocycles. The molecule has 0 fully saturated rings. The van der Waals surface area contributed by atoms with Crippen molar-refractivity contribution in [2.45, 2.75) is 6.42 Å². The van der Waals surface area contributed by atoms with Gasteiger partial charge in [0.1, 0.15) is 0 Å². The van der Waals surface area contributed by atoms with Gasteiger partial charge in [-0.1, -0.05) is 30.3 Å². The van der Waals surface area contributed by atoms with Crippen LogP contribution in [0.2, 0.25) is 0 Å². The Balaban J connectivity index is 2.04. The quantitative estimate of drug-likeness (QED) is 0.803. The molecular weight excluding hydrogens is 278 g/mol. The summed E-state index contributed by atoms with van der Waals surface area (Å²) in [5, 5.41) is 13.6. The van der Waals surface area contributed by atoms with Crippen LogP contribution in [-0.4, -0.2) is 25.8 Å². The van der Waals surface area contributed by atoms with E-state index >= 15 is 0 Å². The molecule has 5 heteroatoms. The van der Waals surface area contributed by atoms with E-state index in [1.807, 2.05) is 43.6 Å². The minimum absolute atomic E-state index is 0.273. The number of aromatic carboxylic acids is 1. The van der Waals surface area contributed by atoms with Crippen molar-refractivity contribution in [3.63, 3.8) is 0 Å². The molecule has 0 unspecified atom stereocenters. The molecule has 0 saturated heterocycles. The number of rotatable bonds is 4. The average molecular weight is 293 g/mol. The van der Waals surface area contributed by atoms with E-state index in [-0.39, 0.29) is 5.56 Å². The summed E-state index contributed by atoms with van der Waals surface area (Å²) in [5.41, 5.74) is 3.97. The second-order valence-electron chi connectivity index (χ2n) is 5.01. The molecule has 0 aliphatic rings. The first kappa shape index (κ1) is 14.0. The highest BCUT2D eigenvalue weighted by Crippen LogP contribution is 2.25. The van der Waals surface area contributed by atoms with Crippen LogP contribution in [0, 0.1) is 0 Å². The Bertz CT molecular complexity index is 810. The lowest BCUT2D eigenvalue weighted by Crippen LogP contribution is -2.07. The van der Waals surface area contributed by atoms with Gasteiger partial charge in [-0.15, -0.1) is 0 Å². The molecule has 0 saturated carbocycles. The standard InChI is InChI=1S/C17H15N3O2/c1-20-16(9-13-10-18-8-7-14(13)17(21)22)15(11-19-20)12-5-3-2-4-6-12/h2-8,10-11H,9H2,1H3,(H,21,22). The fourth-order valence-electron chi connectivity index (χ4n) is 2.49. The van der Waals surface area contributed by atoms with Crippen molar-refractivity contribution >= 4 is 5.97 Å². The van der Waals surface area contributed by atoms with Crippen LogP contribution < -0.4 is 0 Å². The maximum Gasteiger partial charge on any atom is 0.336 e. The average Bonchev–Trinajstić information content (AvgIpc) is 2.90. The van der Waals surface area contributed by atoms with Gasteiger partial charge in [-0.05, 0) is 17.2 Å². The van der Waals surface area contributed by atoms with Gasteiger partial charge in [0.15, 0.2) is 0 Å². The number of hydrogen-bond donors (Lipinski definition) is 1. The Hall–Kier alpha value is -2.95. The lowest BCUT2D eigenvalue weighted by atomic mass is 10.00. The van der Waals surface area contributed by atoms with Crippen LogP contribution in [0.1, 0.15) is 21.6 Å². The fourth-order valence-corrected chi connectivity index (χ4v) is 2.49. The van der Waals surface area contributed by atoms with Crippen molar-refractivity contribution in [1.82, 2.24) is 14.8 Å². The third-order valence-electron chi connectivity index (χ3n) is 3.64. The molecule has 3 aromatic rings. The van der Waals surface area contributed by atoms with Gasteiger partial charge >= 0.3 is 5.97 Å². The number of aryl methyl sites for hydroxylation is 1. The van der Waals surface area contributed by atoms with Gasteiger partial charge in [0.05, 0.1) is 17.5 Å². The van der Waals surface area contributed by atoms with Crippen molar-refractivity contribution in [2.24, 2.45) is 7.05 Å². The molecule has 0 amide bonds. The van der Waals surface area contributed by atoms with Crippen LogP contribution in [0.25, 0.3) is 11.1 Å². The third-order valence-corrected chi connectivity index (χ3v) is 3.64. The van der Waals surface area contributed by atoms with Gasteiger partial charge < -0.3 is 5.11 Å². The normalized spacial score (nSPS) is 10.6. The monoisotopic (exact) mass is 293 g/mol. The van der Waals surface area contributed by atoms with Gasteiger partial charge in [-0.3, -0.25) is 9.67 Å².